The van der Waals surface area contributed by atoms with E-state index in [-0.39, 0.29) is 28.5 Å². The van der Waals surface area contributed by atoms with E-state index >= 15 is 0 Å². The maximum atomic E-state index is 14.9. The van der Waals surface area contributed by atoms with Gasteiger partial charge >= 0.3 is 0 Å². The normalized spacial score (nSPS) is 12.0. The molecule has 0 aliphatic rings. The van der Waals surface area contributed by atoms with Crippen molar-refractivity contribution in [1.29, 1.82) is 0 Å². The molecule has 0 amide bonds. The van der Waals surface area contributed by atoms with Gasteiger partial charge < -0.3 is 4.43 Å². The van der Waals surface area contributed by atoms with Crippen molar-refractivity contribution in [2.75, 3.05) is 0 Å². The molecule has 2 aromatic carbocycles. The summed E-state index contributed by atoms with van der Waals surface area (Å²) in [5.41, 5.74) is 1.85. The zero-order valence-electron chi connectivity index (χ0n) is 18.3. The van der Waals surface area contributed by atoms with Gasteiger partial charge in [-0.1, -0.05) is 50.8 Å². The molecule has 0 radical (unpaired) electrons. The van der Waals surface area contributed by atoms with Gasteiger partial charge in [0.1, 0.15) is 29.3 Å². The first-order valence-electron chi connectivity index (χ1n) is 9.92. The van der Waals surface area contributed by atoms with E-state index in [1.165, 1.54) is 10.6 Å². The zero-order chi connectivity index (χ0) is 22.1. The molecule has 6 heteroatoms. The van der Waals surface area contributed by atoms with Crippen LogP contribution < -0.4 is 5.56 Å². The van der Waals surface area contributed by atoms with Crippen molar-refractivity contribution in [2.24, 2.45) is 0 Å². The molecule has 0 saturated carbocycles. The predicted molar refractivity (Wildman–Crippen MR) is 121 cm³/mol. The second kappa shape index (κ2) is 8.17. The summed E-state index contributed by atoms with van der Waals surface area (Å²) in [6, 6.07) is 12.5. The standard InChI is InChI=1S/C24H27FN2O2Si/c1-17-23(28)27(16-29-30(5,6)24(2,3)4)22-20(25)15-14-19(21(22)26-17)13-12-18-10-8-7-9-11-18/h7-11,14-15H,16H2,1-6H3. The summed E-state index contributed by atoms with van der Waals surface area (Å²) in [4.78, 5) is 17.2. The SMILES string of the molecule is Cc1nc2c(C#Cc3ccccc3)ccc(F)c2n(CO[Si](C)(C)C(C)(C)C)c1=O. The van der Waals surface area contributed by atoms with Crippen LogP contribution in [0.4, 0.5) is 4.39 Å². The van der Waals surface area contributed by atoms with E-state index in [0.717, 1.165) is 5.56 Å². The highest BCUT2D eigenvalue weighted by molar-refractivity contribution is 6.74. The lowest BCUT2D eigenvalue weighted by molar-refractivity contribution is 0.212. The topological polar surface area (TPSA) is 44.1 Å². The Hall–Kier alpha value is -2.75. The first-order valence-corrected chi connectivity index (χ1v) is 12.8. The monoisotopic (exact) mass is 422 g/mol. The maximum Gasteiger partial charge on any atom is 0.274 e. The number of nitrogens with zero attached hydrogens (tertiary/aromatic N) is 2. The molecule has 3 rings (SSSR count). The quantitative estimate of drug-likeness (QED) is 0.429. The van der Waals surface area contributed by atoms with Gasteiger partial charge in [-0.15, -0.1) is 0 Å². The molecule has 0 fully saturated rings. The van der Waals surface area contributed by atoms with Crippen molar-refractivity contribution in [2.45, 2.75) is 52.6 Å². The van der Waals surface area contributed by atoms with Gasteiger partial charge in [-0.25, -0.2) is 9.37 Å². The molecule has 0 unspecified atom stereocenters. The molecular weight excluding hydrogens is 395 g/mol. The molecule has 0 aliphatic carbocycles. The average Bonchev–Trinajstić information content (AvgIpc) is 2.68. The molecule has 0 bridgehead atoms. The smallest absolute Gasteiger partial charge is 0.274 e. The first kappa shape index (κ1) is 21.9. The fourth-order valence-electron chi connectivity index (χ4n) is 2.76. The van der Waals surface area contributed by atoms with Gasteiger partial charge in [0.15, 0.2) is 8.32 Å². The van der Waals surface area contributed by atoms with Crippen molar-refractivity contribution in [1.82, 2.24) is 9.55 Å². The van der Waals surface area contributed by atoms with Crippen LogP contribution in [0, 0.1) is 24.6 Å². The van der Waals surface area contributed by atoms with E-state index in [1.54, 1.807) is 13.0 Å². The third kappa shape index (κ3) is 4.37. The van der Waals surface area contributed by atoms with E-state index in [4.69, 9.17) is 4.43 Å². The molecule has 0 atom stereocenters. The van der Waals surface area contributed by atoms with Gasteiger partial charge in [-0.05, 0) is 49.3 Å². The van der Waals surface area contributed by atoms with Crippen LogP contribution in [0.15, 0.2) is 47.3 Å². The lowest BCUT2D eigenvalue weighted by Crippen LogP contribution is -2.42. The van der Waals surface area contributed by atoms with Crippen LogP contribution in [0.2, 0.25) is 18.1 Å². The van der Waals surface area contributed by atoms with E-state index in [1.807, 2.05) is 30.3 Å². The Kier molecular flexibility index (Phi) is 5.98. The van der Waals surface area contributed by atoms with E-state index in [0.29, 0.717) is 11.1 Å². The molecule has 1 heterocycles. The summed E-state index contributed by atoms with van der Waals surface area (Å²) in [6.07, 6.45) is 0. The summed E-state index contributed by atoms with van der Waals surface area (Å²) in [5.74, 6) is 5.64. The molecule has 0 saturated heterocycles. The van der Waals surface area contributed by atoms with Crippen LogP contribution in [0.25, 0.3) is 11.0 Å². The molecule has 0 aliphatic heterocycles. The van der Waals surface area contributed by atoms with Crippen LogP contribution in [0.5, 0.6) is 0 Å². The van der Waals surface area contributed by atoms with Crippen LogP contribution >= 0.6 is 0 Å². The van der Waals surface area contributed by atoms with Crippen molar-refractivity contribution in [3.8, 4) is 11.8 Å². The van der Waals surface area contributed by atoms with Gasteiger partial charge in [0, 0.05) is 5.56 Å². The largest absolute Gasteiger partial charge is 0.399 e. The highest BCUT2D eigenvalue weighted by atomic mass is 28.4. The van der Waals surface area contributed by atoms with Crippen molar-refractivity contribution in [3.05, 3.63) is 75.5 Å². The summed E-state index contributed by atoms with van der Waals surface area (Å²) < 4.78 is 22.4. The van der Waals surface area contributed by atoms with E-state index in [2.05, 4.69) is 50.7 Å². The van der Waals surface area contributed by atoms with Crippen molar-refractivity contribution < 1.29 is 8.82 Å². The predicted octanol–water partition coefficient (Wildman–Crippen LogP) is 5.22. The minimum Gasteiger partial charge on any atom is -0.399 e. The molecular formula is C24H27FN2O2Si. The molecule has 156 valence electrons. The Bertz CT molecular complexity index is 1200. The second-order valence-corrected chi connectivity index (χ2v) is 13.7. The third-order valence-corrected chi connectivity index (χ3v) is 10.1. The molecule has 0 spiro atoms. The highest BCUT2D eigenvalue weighted by Gasteiger charge is 2.37. The zero-order valence-corrected chi connectivity index (χ0v) is 19.3. The maximum absolute atomic E-state index is 14.9. The minimum absolute atomic E-state index is 0.0122. The van der Waals surface area contributed by atoms with Crippen LogP contribution in [0.3, 0.4) is 0 Å². The Balaban J connectivity index is 2.14. The Morgan fingerprint density at radius 3 is 2.40 bits per heavy atom. The third-order valence-electron chi connectivity index (χ3n) is 5.68. The average molecular weight is 423 g/mol. The summed E-state index contributed by atoms with van der Waals surface area (Å²) in [6.45, 7) is 12.2. The molecule has 4 nitrogen and oxygen atoms in total. The second-order valence-electron chi connectivity index (χ2n) is 8.87. The van der Waals surface area contributed by atoms with Gasteiger partial charge in [0.2, 0.25) is 0 Å². The molecule has 0 N–H and O–H groups in total. The van der Waals surface area contributed by atoms with Crippen LogP contribution in [-0.2, 0) is 11.2 Å². The summed E-state index contributed by atoms with van der Waals surface area (Å²) >= 11 is 0. The molecule has 30 heavy (non-hydrogen) atoms. The first-order chi connectivity index (χ1) is 14.0. The number of halogens is 1. The Labute approximate surface area is 177 Å². The highest BCUT2D eigenvalue weighted by Crippen LogP contribution is 2.36. The molecule has 3 aromatic rings. The van der Waals surface area contributed by atoms with E-state index < -0.39 is 14.1 Å². The Morgan fingerprint density at radius 2 is 1.77 bits per heavy atom. The summed E-state index contributed by atoms with van der Waals surface area (Å²) in [7, 11) is -2.14. The fourth-order valence-corrected chi connectivity index (χ4v) is 3.65. The number of aromatic nitrogens is 2. The van der Waals surface area contributed by atoms with Gasteiger partial charge in [-0.3, -0.25) is 9.36 Å². The van der Waals surface area contributed by atoms with Crippen molar-refractivity contribution in [3.63, 3.8) is 0 Å². The summed E-state index contributed by atoms with van der Waals surface area (Å²) in [5, 5.41) is -0.0284. The fraction of sp³-hybridized carbons (Fsp3) is 0.333. The number of benzene rings is 2. The van der Waals surface area contributed by atoms with Gasteiger partial charge in [-0.2, -0.15) is 0 Å². The lowest BCUT2D eigenvalue weighted by Gasteiger charge is -2.36. The molecule has 1 aromatic heterocycles. The van der Waals surface area contributed by atoms with E-state index in [9.17, 15) is 9.18 Å². The Morgan fingerprint density at radius 1 is 1.10 bits per heavy atom. The minimum atomic E-state index is -2.14. The number of aryl methyl sites for hydroxylation is 1. The van der Waals surface area contributed by atoms with Gasteiger partial charge in [0.25, 0.3) is 5.56 Å². The van der Waals surface area contributed by atoms with Crippen LogP contribution in [0.1, 0.15) is 37.6 Å². The van der Waals surface area contributed by atoms with Gasteiger partial charge in [0.05, 0.1) is 5.56 Å². The number of hydrogen-bond acceptors (Lipinski definition) is 3. The number of hydrogen-bond donors (Lipinski definition) is 0. The van der Waals surface area contributed by atoms with Crippen LogP contribution in [-0.4, -0.2) is 17.9 Å². The lowest BCUT2D eigenvalue weighted by atomic mass is 10.1. The van der Waals surface area contributed by atoms with Crippen molar-refractivity contribution >= 4 is 19.4 Å². The number of fused-ring (bicyclic) bond motifs is 1. The number of rotatable bonds is 3.